The Morgan fingerprint density at radius 3 is 2.48 bits per heavy atom. The summed E-state index contributed by atoms with van der Waals surface area (Å²) in [4.78, 5) is 17.5. The lowest BCUT2D eigenvalue weighted by molar-refractivity contribution is -0.115. The standard InChI is InChI=1S/C26H23ClN2O3S/c1-3-31-23-14-19(8-13-22(23)32-16-18-6-4-17(2)5-7-18)15-24-25(30)29-26(33-24)28-21-11-9-20(27)10-12-21/h4-15H,3,16H2,1-2H3,(H,28,29,30)/b24-15-. The number of hydrogen-bond acceptors (Lipinski definition) is 5. The molecule has 3 aromatic rings. The van der Waals surface area contributed by atoms with E-state index < -0.39 is 0 Å². The molecule has 1 aliphatic heterocycles. The molecule has 1 N–H and O–H groups in total. The molecule has 4 rings (SSSR count). The first-order valence-electron chi connectivity index (χ1n) is 10.5. The fourth-order valence-corrected chi connectivity index (χ4v) is 4.08. The predicted molar refractivity (Wildman–Crippen MR) is 135 cm³/mol. The van der Waals surface area contributed by atoms with Crippen molar-refractivity contribution < 1.29 is 14.3 Å². The van der Waals surface area contributed by atoms with E-state index in [2.05, 4.69) is 29.4 Å². The highest BCUT2D eigenvalue weighted by Crippen LogP contribution is 2.33. The Morgan fingerprint density at radius 1 is 1.00 bits per heavy atom. The van der Waals surface area contributed by atoms with Gasteiger partial charge < -0.3 is 14.8 Å². The summed E-state index contributed by atoms with van der Waals surface area (Å²) < 4.78 is 11.8. The number of benzene rings is 3. The van der Waals surface area contributed by atoms with Crippen molar-refractivity contribution in [2.75, 3.05) is 6.61 Å². The van der Waals surface area contributed by atoms with Gasteiger partial charge in [-0.15, -0.1) is 0 Å². The second-order valence-corrected chi connectivity index (χ2v) is 8.84. The van der Waals surface area contributed by atoms with Gasteiger partial charge in [0.15, 0.2) is 16.7 Å². The molecule has 0 aromatic heterocycles. The highest BCUT2D eigenvalue weighted by molar-refractivity contribution is 8.18. The third kappa shape index (κ3) is 6.18. The molecule has 5 nitrogen and oxygen atoms in total. The van der Waals surface area contributed by atoms with Crippen LogP contribution >= 0.6 is 23.4 Å². The van der Waals surface area contributed by atoms with Gasteiger partial charge >= 0.3 is 0 Å². The molecular formula is C26H23ClN2O3S. The lowest BCUT2D eigenvalue weighted by Gasteiger charge is -2.13. The number of amidine groups is 1. The van der Waals surface area contributed by atoms with Crippen LogP contribution in [0.3, 0.4) is 0 Å². The Hall–Kier alpha value is -3.22. The number of carbonyl (C=O) groups is 1. The molecule has 0 aliphatic carbocycles. The molecule has 7 heteroatoms. The van der Waals surface area contributed by atoms with Crippen LogP contribution in [0.4, 0.5) is 5.69 Å². The summed E-state index contributed by atoms with van der Waals surface area (Å²) >= 11 is 7.21. The number of rotatable bonds is 7. The summed E-state index contributed by atoms with van der Waals surface area (Å²) in [5.41, 5.74) is 3.85. The molecule has 1 amide bonds. The van der Waals surface area contributed by atoms with Gasteiger partial charge in [-0.05, 0) is 79.2 Å². The van der Waals surface area contributed by atoms with Crippen molar-refractivity contribution in [3.63, 3.8) is 0 Å². The summed E-state index contributed by atoms with van der Waals surface area (Å²) in [5, 5.41) is 3.96. The van der Waals surface area contributed by atoms with Gasteiger partial charge in [0.05, 0.1) is 17.2 Å². The van der Waals surface area contributed by atoms with Crippen molar-refractivity contribution in [2.24, 2.45) is 4.99 Å². The Labute approximate surface area is 202 Å². The van der Waals surface area contributed by atoms with Gasteiger partial charge in [-0.2, -0.15) is 0 Å². The van der Waals surface area contributed by atoms with Crippen LogP contribution in [0.2, 0.25) is 5.02 Å². The van der Waals surface area contributed by atoms with Crippen molar-refractivity contribution in [1.82, 2.24) is 5.32 Å². The van der Waals surface area contributed by atoms with E-state index >= 15 is 0 Å². The third-order valence-electron chi connectivity index (χ3n) is 4.79. The maximum absolute atomic E-state index is 12.4. The van der Waals surface area contributed by atoms with Gasteiger partial charge in [0, 0.05) is 5.02 Å². The molecule has 33 heavy (non-hydrogen) atoms. The predicted octanol–water partition coefficient (Wildman–Crippen LogP) is 6.52. The normalized spacial score (nSPS) is 15.7. The number of halogens is 1. The Balaban J connectivity index is 1.49. The first-order chi connectivity index (χ1) is 16.0. The van der Waals surface area contributed by atoms with Crippen molar-refractivity contribution in [1.29, 1.82) is 0 Å². The number of nitrogens with one attached hydrogen (secondary N) is 1. The fraction of sp³-hybridized carbons (Fsp3) is 0.154. The summed E-state index contributed by atoms with van der Waals surface area (Å²) in [6.07, 6.45) is 1.82. The topological polar surface area (TPSA) is 59.9 Å². The van der Waals surface area contributed by atoms with Crippen LogP contribution in [0.25, 0.3) is 6.08 Å². The summed E-state index contributed by atoms with van der Waals surface area (Å²) in [7, 11) is 0. The van der Waals surface area contributed by atoms with Crippen molar-refractivity contribution in [3.05, 3.63) is 93.3 Å². The molecule has 1 aliphatic rings. The van der Waals surface area contributed by atoms with Crippen LogP contribution in [0.1, 0.15) is 23.6 Å². The van der Waals surface area contributed by atoms with Gasteiger partial charge in [-0.1, -0.05) is 47.5 Å². The molecule has 3 aromatic carbocycles. The Morgan fingerprint density at radius 2 is 1.76 bits per heavy atom. The largest absolute Gasteiger partial charge is 0.490 e. The van der Waals surface area contributed by atoms with E-state index in [1.807, 2.05) is 43.3 Å². The zero-order chi connectivity index (χ0) is 23.2. The second kappa shape index (κ2) is 10.6. The average molecular weight is 479 g/mol. The molecule has 0 spiro atoms. The number of ether oxygens (including phenoxy) is 2. The molecule has 0 saturated carbocycles. The molecule has 0 bridgehead atoms. The number of nitrogens with zero attached hydrogens (tertiary/aromatic N) is 1. The summed E-state index contributed by atoms with van der Waals surface area (Å²) in [5.74, 6) is 1.11. The number of carbonyl (C=O) groups excluding carboxylic acids is 1. The van der Waals surface area contributed by atoms with E-state index in [1.165, 1.54) is 17.3 Å². The number of aliphatic imine (C=N–C) groups is 1. The van der Waals surface area contributed by atoms with Crippen LogP contribution in [-0.4, -0.2) is 17.7 Å². The minimum absolute atomic E-state index is 0.189. The molecule has 0 radical (unpaired) electrons. The van der Waals surface area contributed by atoms with Crippen molar-refractivity contribution in [2.45, 2.75) is 20.5 Å². The van der Waals surface area contributed by atoms with Crippen LogP contribution in [0, 0.1) is 6.92 Å². The molecule has 1 heterocycles. The maximum atomic E-state index is 12.4. The monoisotopic (exact) mass is 478 g/mol. The Bertz CT molecular complexity index is 1210. The smallest absolute Gasteiger partial charge is 0.264 e. The lowest BCUT2D eigenvalue weighted by Crippen LogP contribution is -2.19. The first-order valence-corrected chi connectivity index (χ1v) is 11.7. The van der Waals surface area contributed by atoms with Crippen molar-refractivity contribution in [3.8, 4) is 11.5 Å². The van der Waals surface area contributed by atoms with E-state index in [9.17, 15) is 4.79 Å². The van der Waals surface area contributed by atoms with Crippen LogP contribution < -0.4 is 14.8 Å². The molecule has 1 saturated heterocycles. The quantitative estimate of drug-likeness (QED) is 0.393. The SMILES string of the molecule is CCOc1cc(/C=C2\SC(=Nc3ccc(Cl)cc3)NC2=O)ccc1OCc1ccc(C)cc1. The van der Waals surface area contributed by atoms with Gasteiger partial charge in [0.1, 0.15) is 6.61 Å². The van der Waals surface area contributed by atoms with Gasteiger partial charge in [0.25, 0.3) is 5.91 Å². The van der Waals surface area contributed by atoms with E-state index in [4.69, 9.17) is 21.1 Å². The van der Waals surface area contributed by atoms with E-state index in [0.29, 0.717) is 39.8 Å². The number of amides is 1. The minimum Gasteiger partial charge on any atom is -0.490 e. The van der Waals surface area contributed by atoms with Crippen LogP contribution in [0.5, 0.6) is 11.5 Å². The third-order valence-corrected chi connectivity index (χ3v) is 5.95. The van der Waals surface area contributed by atoms with Gasteiger partial charge in [-0.25, -0.2) is 4.99 Å². The highest BCUT2D eigenvalue weighted by Gasteiger charge is 2.24. The molecule has 168 valence electrons. The molecule has 0 unspecified atom stereocenters. The summed E-state index contributed by atoms with van der Waals surface area (Å²) in [6.45, 7) is 4.94. The lowest BCUT2D eigenvalue weighted by atomic mass is 10.1. The molecule has 0 atom stereocenters. The van der Waals surface area contributed by atoms with E-state index in [0.717, 1.165) is 16.8 Å². The second-order valence-electron chi connectivity index (χ2n) is 7.37. The molecule has 1 fully saturated rings. The van der Waals surface area contributed by atoms with E-state index in [-0.39, 0.29) is 5.91 Å². The Kier molecular flexibility index (Phi) is 7.37. The number of aryl methyl sites for hydroxylation is 1. The number of thioether (sulfide) groups is 1. The van der Waals surface area contributed by atoms with Crippen LogP contribution in [-0.2, 0) is 11.4 Å². The van der Waals surface area contributed by atoms with Gasteiger partial charge in [0.2, 0.25) is 0 Å². The first kappa shape index (κ1) is 23.0. The van der Waals surface area contributed by atoms with E-state index in [1.54, 1.807) is 24.3 Å². The number of hydrogen-bond donors (Lipinski definition) is 1. The maximum Gasteiger partial charge on any atom is 0.264 e. The minimum atomic E-state index is -0.189. The van der Waals surface area contributed by atoms with Gasteiger partial charge in [-0.3, -0.25) is 4.79 Å². The summed E-state index contributed by atoms with van der Waals surface area (Å²) in [6, 6.07) is 21.0. The highest BCUT2D eigenvalue weighted by atomic mass is 35.5. The molecular weight excluding hydrogens is 456 g/mol. The zero-order valence-electron chi connectivity index (χ0n) is 18.3. The average Bonchev–Trinajstić information content (AvgIpc) is 3.14. The van der Waals surface area contributed by atoms with Crippen LogP contribution in [0.15, 0.2) is 76.6 Å². The zero-order valence-corrected chi connectivity index (χ0v) is 19.9. The van der Waals surface area contributed by atoms with Crippen molar-refractivity contribution >= 4 is 46.2 Å². The fourth-order valence-electron chi connectivity index (χ4n) is 3.11.